The number of carbonyl (C=O) groups is 3. The zero-order chi connectivity index (χ0) is 39.1. The van der Waals surface area contributed by atoms with E-state index >= 15 is 0 Å². The van der Waals surface area contributed by atoms with Crippen LogP contribution in [-0.4, -0.2) is 76.7 Å². The summed E-state index contributed by atoms with van der Waals surface area (Å²) in [4.78, 5) is 52.6. The highest BCUT2D eigenvalue weighted by atomic mass is 35.5. The number of hydrogen-bond acceptors (Lipinski definition) is 11. The van der Waals surface area contributed by atoms with Crippen molar-refractivity contribution in [1.82, 2.24) is 15.2 Å². The van der Waals surface area contributed by atoms with E-state index in [1.54, 1.807) is 36.4 Å². The fourth-order valence-electron chi connectivity index (χ4n) is 6.83. The fraction of sp³-hybridized carbons (Fsp3) is 0.262. The molecule has 0 aliphatic carbocycles. The van der Waals surface area contributed by atoms with Gasteiger partial charge in [0, 0.05) is 23.6 Å². The number of nitrogens with zero attached hydrogens (tertiary/aromatic N) is 3. The molecule has 288 valence electrons. The first-order valence-corrected chi connectivity index (χ1v) is 20.5. The van der Waals surface area contributed by atoms with Crippen molar-refractivity contribution < 1.29 is 28.7 Å². The van der Waals surface area contributed by atoms with E-state index in [9.17, 15) is 14.4 Å². The molecule has 0 bridgehead atoms. The molecule has 0 saturated carbocycles. The molecule has 2 N–H and O–H groups in total. The number of halogens is 1. The number of oxime groups is 1. The second kappa shape index (κ2) is 17.2. The second-order valence-electron chi connectivity index (χ2n) is 13.3. The van der Waals surface area contributed by atoms with E-state index in [4.69, 9.17) is 30.9 Å². The van der Waals surface area contributed by atoms with Crippen LogP contribution in [0, 0.1) is 5.41 Å². The number of thioether (sulfide) groups is 1. The zero-order valence-corrected chi connectivity index (χ0v) is 33.1. The first kappa shape index (κ1) is 38.9. The van der Waals surface area contributed by atoms with Crippen molar-refractivity contribution in [3.8, 4) is 5.75 Å². The summed E-state index contributed by atoms with van der Waals surface area (Å²) in [6, 6.07) is 36.7. The minimum absolute atomic E-state index is 0.0273. The molecular formula is C42H40ClN5O6S2. The Hall–Kier alpha value is -5.37. The SMILES string of the molecule is CCON=C(C(=O)NC1C(=O)N2CC(CCl)(C(=O)OCc3ccc(OC)cc3)CS[C@H]12)c1csc(NC(c2ccccc2)(c2ccccc2)c2ccccc2)n1. The smallest absolute Gasteiger partial charge is 0.316 e. The summed E-state index contributed by atoms with van der Waals surface area (Å²) in [5.74, 6) is -0.441. The standard InChI is InChI=1S/C42H40ClN5O6S2/c1-3-54-47-34(33-24-55-40(44-33)46-42(29-13-7-4-8-14-29,30-15-9-5-10-16-30)31-17-11-6-12-18-31)36(49)45-35-37(50)48-26-41(25-43,27-56-38(35)48)39(51)53-23-28-19-21-32(52-2)22-20-28/h4-22,24,35,38H,3,23,25-27H2,1-2H3,(H,44,46)(H,45,49)/t35?,38-,41?/m1/s1. The molecule has 2 aliphatic rings. The quantitative estimate of drug-likeness (QED) is 0.0298. The molecule has 2 amide bonds. The zero-order valence-electron chi connectivity index (χ0n) is 30.7. The molecule has 56 heavy (non-hydrogen) atoms. The number of ether oxygens (including phenoxy) is 2. The maximum atomic E-state index is 13.9. The lowest BCUT2D eigenvalue weighted by Crippen LogP contribution is -2.74. The van der Waals surface area contributed by atoms with Gasteiger partial charge in [0.1, 0.15) is 47.0 Å². The van der Waals surface area contributed by atoms with E-state index in [2.05, 4.69) is 52.2 Å². The number of nitrogens with one attached hydrogen (secondary N) is 2. The van der Waals surface area contributed by atoms with Crippen LogP contribution in [0.15, 0.2) is 126 Å². The lowest BCUT2D eigenvalue weighted by atomic mass is 9.77. The Kier molecular flexibility index (Phi) is 11.9. The van der Waals surface area contributed by atoms with Crippen molar-refractivity contribution in [3.63, 3.8) is 0 Å². The Balaban J connectivity index is 1.07. The van der Waals surface area contributed by atoms with Crippen LogP contribution in [0.25, 0.3) is 0 Å². The first-order valence-electron chi connectivity index (χ1n) is 18.0. The molecule has 1 aromatic heterocycles. The van der Waals surface area contributed by atoms with Crippen LogP contribution >= 0.6 is 34.7 Å². The van der Waals surface area contributed by atoms with Crippen LogP contribution in [0.3, 0.4) is 0 Å². The molecular weight excluding hydrogens is 770 g/mol. The minimum Gasteiger partial charge on any atom is -0.497 e. The number of hydrogen-bond donors (Lipinski definition) is 2. The van der Waals surface area contributed by atoms with Crippen LogP contribution < -0.4 is 15.4 Å². The number of methoxy groups -OCH3 is 1. The first-order chi connectivity index (χ1) is 27.3. The van der Waals surface area contributed by atoms with Gasteiger partial charge in [-0.25, -0.2) is 4.98 Å². The predicted molar refractivity (Wildman–Crippen MR) is 219 cm³/mol. The number of aromatic nitrogens is 1. The van der Waals surface area contributed by atoms with Crippen LogP contribution in [0.2, 0.25) is 0 Å². The van der Waals surface area contributed by atoms with Crippen molar-refractivity contribution in [1.29, 1.82) is 0 Å². The maximum absolute atomic E-state index is 13.9. The number of rotatable bonds is 15. The molecule has 11 nitrogen and oxygen atoms in total. The fourth-order valence-corrected chi connectivity index (χ4v) is 9.52. The third kappa shape index (κ3) is 7.71. The maximum Gasteiger partial charge on any atom is 0.316 e. The van der Waals surface area contributed by atoms with Crippen molar-refractivity contribution in [2.24, 2.45) is 10.6 Å². The van der Waals surface area contributed by atoms with E-state index in [0.29, 0.717) is 16.6 Å². The molecule has 4 aromatic carbocycles. The van der Waals surface area contributed by atoms with Crippen LogP contribution in [0.4, 0.5) is 5.13 Å². The van der Waals surface area contributed by atoms with E-state index in [0.717, 1.165) is 22.3 Å². The largest absolute Gasteiger partial charge is 0.497 e. The number of thiazole rings is 1. The summed E-state index contributed by atoms with van der Waals surface area (Å²) >= 11 is 9.09. The van der Waals surface area contributed by atoms with Gasteiger partial charge in [-0.1, -0.05) is 108 Å². The van der Waals surface area contributed by atoms with Gasteiger partial charge in [0.05, 0.1) is 7.11 Å². The molecule has 2 saturated heterocycles. The van der Waals surface area contributed by atoms with Gasteiger partial charge in [-0.05, 0) is 41.3 Å². The number of anilines is 1. The Labute approximate surface area is 338 Å². The van der Waals surface area contributed by atoms with Crippen molar-refractivity contribution in [2.45, 2.75) is 30.5 Å². The van der Waals surface area contributed by atoms with Gasteiger partial charge in [-0.2, -0.15) is 0 Å². The number of fused-ring (bicyclic) bond motifs is 1. The van der Waals surface area contributed by atoms with E-state index in [-0.39, 0.29) is 43.0 Å². The molecule has 7 rings (SSSR count). The number of benzene rings is 4. The number of carbonyl (C=O) groups excluding carboxylic acids is 3. The molecule has 2 aliphatic heterocycles. The lowest BCUT2D eigenvalue weighted by molar-refractivity contribution is -0.162. The molecule has 2 fully saturated rings. The van der Waals surface area contributed by atoms with Gasteiger partial charge < -0.3 is 29.8 Å². The van der Waals surface area contributed by atoms with Gasteiger partial charge in [0.15, 0.2) is 10.8 Å². The van der Waals surface area contributed by atoms with E-state index in [1.165, 1.54) is 23.1 Å². The highest BCUT2D eigenvalue weighted by Gasteiger charge is 2.58. The summed E-state index contributed by atoms with van der Waals surface area (Å²) in [6.07, 6.45) is 0. The second-order valence-corrected chi connectivity index (χ2v) is 15.6. The van der Waals surface area contributed by atoms with Gasteiger partial charge in [0.2, 0.25) is 5.91 Å². The van der Waals surface area contributed by atoms with Crippen LogP contribution in [0.1, 0.15) is 34.9 Å². The van der Waals surface area contributed by atoms with Crippen LogP contribution in [-0.2, 0) is 36.1 Å². The average molecular weight is 810 g/mol. The summed E-state index contributed by atoms with van der Waals surface area (Å²) in [7, 11) is 1.58. The number of alkyl halides is 1. The molecule has 14 heteroatoms. The average Bonchev–Trinajstić information content (AvgIpc) is 3.72. The van der Waals surface area contributed by atoms with Crippen LogP contribution in [0.5, 0.6) is 5.75 Å². The van der Waals surface area contributed by atoms with Gasteiger partial charge in [-0.15, -0.1) is 34.7 Å². The third-order valence-corrected chi connectivity index (χ3v) is 12.7. The Morgan fingerprint density at radius 2 is 1.55 bits per heavy atom. The van der Waals surface area contributed by atoms with E-state index in [1.807, 2.05) is 66.7 Å². The molecule has 2 unspecified atom stereocenters. The third-order valence-electron chi connectivity index (χ3n) is 9.81. The van der Waals surface area contributed by atoms with E-state index < -0.39 is 34.2 Å². The highest BCUT2D eigenvalue weighted by molar-refractivity contribution is 8.00. The monoisotopic (exact) mass is 809 g/mol. The highest BCUT2D eigenvalue weighted by Crippen LogP contribution is 2.44. The number of amides is 2. The molecule has 3 atom stereocenters. The van der Waals surface area contributed by atoms with Gasteiger partial charge in [-0.3, -0.25) is 14.4 Å². The number of β-lactam (4-membered cyclic amide) rings is 1. The summed E-state index contributed by atoms with van der Waals surface area (Å²) in [5.41, 5.74) is 2.07. The van der Waals surface area contributed by atoms with Crippen molar-refractivity contribution in [2.75, 3.05) is 37.2 Å². The predicted octanol–water partition coefficient (Wildman–Crippen LogP) is 6.66. The Bertz CT molecular complexity index is 2080. The number of esters is 1. The van der Waals surface area contributed by atoms with Crippen molar-refractivity contribution >= 4 is 63.3 Å². The lowest BCUT2D eigenvalue weighted by Gasteiger charge is -2.53. The molecule has 0 radical (unpaired) electrons. The Morgan fingerprint density at radius 3 is 2.11 bits per heavy atom. The topological polar surface area (TPSA) is 131 Å². The van der Waals surface area contributed by atoms with Crippen molar-refractivity contribution in [3.05, 3.63) is 149 Å². The normalized spacial score (nSPS) is 19.3. The summed E-state index contributed by atoms with van der Waals surface area (Å²) in [5, 5.41) is 12.6. The summed E-state index contributed by atoms with van der Waals surface area (Å²) < 4.78 is 10.9. The summed E-state index contributed by atoms with van der Waals surface area (Å²) in [6.45, 7) is 2.12. The van der Waals surface area contributed by atoms with Gasteiger partial charge >= 0.3 is 5.97 Å². The Morgan fingerprint density at radius 1 is 0.946 bits per heavy atom. The molecule has 0 spiro atoms. The molecule has 5 aromatic rings. The molecule has 3 heterocycles. The minimum atomic E-state index is -1.10. The van der Waals surface area contributed by atoms with Gasteiger partial charge in [0.25, 0.3) is 5.91 Å².